The van der Waals surface area contributed by atoms with Crippen LogP contribution in [0.4, 0.5) is 4.39 Å². The number of carbonyl (C=O) groups is 3. The monoisotopic (exact) mass is 645 g/mol. The second-order valence-corrected chi connectivity index (χ2v) is 12.4. The first-order chi connectivity index (χ1) is 22.3. The number of halogens is 1. The summed E-state index contributed by atoms with van der Waals surface area (Å²) in [7, 11) is 1.54. The molecule has 10 nitrogen and oxygen atoms in total. The molecule has 242 valence electrons. The lowest BCUT2D eigenvalue weighted by Gasteiger charge is -2.31. The summed E-state index contributed by atoms with van der Waals surface area (Å²) < 4.78 is 15.4. The van der Waals surface area contributed by atoms with Crippen LogP contribution in [0.5, 0.6) is 0 Å². The fraction of sp³-hybridized carbons (Fsp3) is 0.324. The van der Waals surface area contributed by atoms with Crippen LogP contribution in [0.25, 0.3) is 10.9 Å². The molecule has 0 bridgehead atoms. The van der Waals surface area contributed by atoms with E-state index in [4.69, 9.17) is 11.5 Å². The van der Waals surface area contributed by atoms with Crippen LogP contribution in [0.3, 0.4) is 0 Å². The molecule has 0 radical (unpaired) electrons. The minimum atomic E-state index is -1.06. The molecule has 3 aromatic carbocycles. The zero-order valence-corrected chi connectivity index (χ0v) is 26.5. The number of H-pyrrole nitrogens is 1. The molecule has 0 aliphatic carbocycles. The van der Waals surface area contributed by atoms with Crippen molar-refractivity contribution in [3.8, 4) is 0 Å². The molecule has 0 unspecified atom stereocenters. The fourth-order valence-electron chi connectivity index (χ4n) is 5.66. The van der Waals surface area contributed by atoms with Crippen molar-refractivity contribution in [1.29, 1.82) is 0 Å². The summed E-state index contributed by atoms with van der Waals surface area (Å²) in [5, 5.41) is 10.0. The van der Waals surface area contributed by atoms with Crippen molar-refractivity contribution in [2.24, 2.45) is 11.5 Å². The van der Waals surface area contributed by atoms with E-state index in [0.29, 0.717) is 36.4 Å². The van der Waals surface area contributed by atoms with Crippen molar-refractivity contribution >= 4 is 40.4 Å². The van der Waals surface area contributed by atoms with Crippen molar-refractivity contribution in [3.63, 3.8) is 0 Å². The molecule has 0 spiro atoms. The molecule has 1 aliphatic heterocycles. The standard InChI is InChI=1S/C34H40FN7O3S/c1-42-29(16-23-20-38-26-12-4-3-10-24(23)26)33(44)40-19-22-9-6-11-25(35)31(22)46-30-14-5-2-8-21(30)18-39-27(13-7-15-36)32(43)41-28(17-37)34(42)45/h2-6,8-12,14,20,27-29,38-39H,7,13,15-19,36-37H2,1H3,(H,40,44)(H,41,43)/t27-,28-,29-/m0/s1. The first-order valence-electron chi connectivity index (χ1n) is 15.4. The lowest BCUT2D eigenvalue weighted by Crippen LogP contribution is -2.59. The summed E-state index contributed by atoms with van der Waals surface area (Å²) in [6, 6.07) is 17.4. The predicted octanol–water partition coefficient (Wildman–Crippen LogP) is 2.80. The Hall–Kier alpha value is -4.23. The number of aromatic nitrogens is 1. The van der Waals surface area contributed by atoms with Gasteiger partial charge in [0.05, 0.1) is 10.9 Å². The van der Waals surface area contributed by atoms with E-state index in [2.05, 4.69) is 20.9 Å². The van der Waals surface area contributed by atoms with E-state index in [1.807, 2.05) is 54.7 Å². The molecule has 1 aromatic heterocycles. The van der Waals surface area contributed by atoms with Gasteiger partial charge in [0.1, 0.15) is 17.9 Å². The Bertz CT molecular complexity index is 1700. The third-order valence-electron chi connectivity index (χ3n) is 8.29. The van der Waals surface area contributed by atoms with Gasteiger partial charge >= 0.3 is 0 Å². The van der Waals surface area contributed by atoms with Gasteiger partial charge in [-0.2, -0.15) is 0 Å². The summed E-state index contributed by atoms with van der Waals surface area (Å²) >= 11 is 1.27. The molecule has 5 rings (SSSR count). The van der Waals surface area contributed by atoms with Gasteiger partial charge in [0.2, 0.25) is 17.7 Å². The van der Waals surface area contributed by atoms with E-state index >= 15 is 4.39 Å². The van der Waals surface area contributed by atoms with Crippen LogP contribution in [-0.2, 0) is 33.9 Å². The summed E-state index contributed by atoms with van der Waals surface area (Å²) in [4.78, 5) is 47.2. The van der Waals surface area contributed by atoms with Gasteiger partial charge in [-0.05, 0) is 54.3 Å². The van der Waals surface area contributed by atoms with E-state index < -0.39 is 41.7 Å². The van der Waals surface area contributed by atoms with Gasteiger partial charge in [-0.25, -0.2) is 4.39 Å². The number of hydrogen-bond donors (Lipinski definition) is 6. The molecular weight excluding hydrogens is 605 g/mol. The van der Waals surface area contributed by atoms with Crippen LogP contribution in [0.15, 0.2) is 82.7 Å². The third-order valence-corrected chi connectivity index (χ3v) is 9.57. The van der Waals surface area contributed by atoms with Crippen LogP contribution < -0.4 is 27.4 Å². The highest BCUT2D eigenvalue weighted by Crippen LogP contribution is 2.35. The number of para-hydroxylation sites is 1. The van der Waals surface area contributed by atoms with Gasteiger partial charge in [-0.1, -0.05) is 60.3 Å². The fourth-order valence-corrected chi connectivity index (χ4v) is 6.73. The molecule has 1 aliphatic rings. The molecule has 0 fully saturated rings. The summed E-state index contributed by atoms with van der Waals surface area (Å²) in [5.74, 6) is -1.72. The van der Waals surface area contributed by atoms with E-state index in [-0.39, 0.29) is 19.5 Å². The van der Waals surface area contributed by atoms with Crippen LogP contribution >= 0.6 is 11.8 Å². The number of benzene rings is 3. The molecule has 4 aromatic rings. The molecule has 0 saturated carbocycles. The maximum atomic E-state index is 15.4. The molecule has 12 heteroatoms. The van der Waals surface area contributed by atoms with Gasteiger partial charge in [0, 0.05) is 55.1 Å². The Morgan fingerprint density at radius 3 is 2.48 bits per heavy atom. The van der Waals surface area contributed by atoms with E-state index in [9.17, 15) is 14.4 Å². The molecule has 8 N–H and O–H groups in total. The highest BCUT2D eigenvalue weighted by atomic mass is 32.2. The Kier molecular flexibility index (Phi) is 11.1. The molecule has 3 amide bonds. The molecule has 2 heterocycles. The highest BCUT2D eigenvalue weighted by Gasteiger charge is 2.33. The molecule has 0 saturated heterocycles. The third kappa shape index (κ3) is 7.59. The van der Waals surface area contributed by atoms with Crippen molar-refractivity contribution in [1.82, 2.24) is 25.8 Å². The lowest BCUT2D eigenvalue weighted by molar-refractivity contribution is -0.141. The van der Waals surface area contributed by atoms with E-state index in [0.717, 1.165) is 26.9 Å². The maximum absolute atomic E-state index is 15.4. The minimum Gasteiger partial charge on any atom is -0.361 e. The lowest BCUT2D eigenvalue weighted by atomic mass is 10.0. The van der Waals surface area contributed by atoms with Crippen molar-refractivity contribution in [2.45, 2.75) is 60.3 Å². The number of nitrogens with one attached hydrogen (secondary N) is 4. The average Bonchev–Trinajstić information content (AvgIpc) is 3.48. The molecule has 3 atom stereocenters. The second kappa shape index (κ2) is 15.4. The van der Waals surface area contributed by atoms with Crippen molar-refractivity contribution in [3.05, 3.63) is 95.4 Å². The number of hydrogen-bond acceptors (Lipinski definition) is 7. The van der Waals surface area contributed by atoms with Crippen LogP contribution in [0, 0.1) is 5.82 Å². The van der Waals surface area contributed by atoms with Gasteiger partial charge in [-0.15, -0.1) is 0 Å². The summed E-state index contributed by atoms with van der Waals surface area (Å²) in [6.07, 6.45) is 3.03. The second-order valence-electron chi connectivity index (χ2n) is 11.3. The SMILES string of the molecule is CN1C(=O)[C@H](CN)NC(=O)[C@H](CCCN)NCc2ccccc2Sc2c(F)cccc2CNC(=O)[C@@H]1Cc1c[nH]c2ccccc12. The number of fused-ring (bicyclic) bond motifs is 3. The van der Waals surface area contributed by atoms with Crippen LogP contribution in [0.2, 0.25) is 0 Å². The number of aromatic amines is 1. The average molecular weight is 646 g/mol. The van der Waals surface area contributed by atoms with Crippen LogP contribution in [-0.4, -0.2) is 65.9 Å². The number of nitrogens with zero attached hydrogens (tertiary/aromatic N) is 1. The molecule has 46 heavy (non-hydrogen) atoms. The normalized spacial score (nSPS) is 20.0. The quantitative estimate of drug-likeness (QED) is 0.188. The maximum Gasteiger partial charge on any atom is 0.246 e. The zero-order valence-electron chi connectivity index (χ0n) is 25.7. The van der Waals surface area contributed by atoms with E-state index in [1.54, 1.807) is 12.1 Å². The summed E-state index contributed by atoms with van der Waals surface area (Å²) in [6.45, 7) is 0.594. The topological polar surface area (TPSA) is 158 Å². The number of nitrogens with two attached hydrogens (primary N) is 2. The van der Waals surface area contributed by atoms with Crippen molar-refractivity contribution < 1.29 is 18.8 Å². The number of carbonyl (C=O) groups excluding carboxylic acids is 3. The van der Waals surface area contributed by atoms with Crippen LogP contribution in [0.1, 0.15) is 29.5 Å². The van der Waals surface area contributed by atoms with Gasteiger partial charge < -0.3 is 37.3 Å². The Balaban J connectivity index is 1.54. The Morgan fingerprint density at radius 2 is 1.67 bits per heavy atom. The van der Waals surface area contributed by atoms with Gasteiger partial charge in [0.15, 0.2) is 0 Å². The van der Waals surface area contributed by atoms with Gasteiger partial charge in [-0.3, -0.25) is 14.4 Å². The van der Waals surface area contributed by atoms with E-state index in [1.165, 1.54) is 29.8 Å². The first kappa shape index (κ1) is 33.1. The number of likely N-dealkylation sites (N-methyl/N-ethyl adjacent to an activating group) is 1. The Labute approximate surface area is 271 Å². The van der Waals surface area contributed by atoms with Gasteiger partial charge in [0.25, 0.3) is 0 Å². The Morgan fingerprint density at radius 1 is 0.913 bits per heavy atom. The smallest absolute Gasteiger partial charge is 0.246 e. The first-order valence-corrected chi connectivity index (χ1v) is 16.2. The highest BCUT2D eigenvalue weighted by molar-refractivity contribution is 7.99. The molecular formula is C34H40FN7O3S. The predicted molar refractivity (Wildman–Crippen MR) is 177 cm³/mol. The number of rotatable bonds is 6. The minimum absolute atomic E-state index is 0.0456. The zero-order chi connectivity index (χ0) is 32.6. The largest absolute Gasteiger partial charge is 0.361 e. The number of amides is 3. The summed E-state index contributed by atoms with van der Waals surface area (Å²) in [5.41, 5.74) is 15.0. The van der Waals surface area contributed by atoms with Crippen molar-refractivity contribution in [2.75, 3.05) is 20.1 Å².